The van der Waals surface area contributed by atoms with E-state index in [1.807, 2.05) is 0 Å². The fraction of sp³-hybridized carbons (Fsp3) is 0.552. The summed E-state index contributed by atoms with van der Waals surface area (Å²) in [7, 11) is 0. The Labute approximate surface area is 242 Å². The number of aromatic hydroxyl groups is 2. The SMILES string of the molecule is O=C(CCc1ccc(O)cc1)C[C@H](CCc1ccc(O)cc1)O[C@@H]1O[C@H](CO[C@@H]2OCC(O)(O)[C@H]2O)[C@H](O)[C@@H](O)[C@H]1O. The largest absolute Gasteiger partial charge is 0.508 e. The number of ether oxygens (including phenoxy) is 4. The first-order valence-electron chi connectivity index (χ1n) is 13.7. The van der Waals surface area contributed by atoms with E-state index in [2.05, 4.69) is 0 Å². The number of rotatable bonds is 13. The van der Waals surface area contributed by atoms with Gasteiger partial charge in [-0.3, -0.25) is 4.79 Å². The van der Waals surface area contributed by atoms with Gasteiger partial charge in [0, 0.05) is 12.8 Å². The second kappa shape index (κ2) is 14.2. The molecule has 2 aromatic rings. The van der Waals surface area contributed by atoms with Crippen LogP contribution in [0.1, 0.15) is 30.4 Å². The van der Waals surface area contributed by atoms with Crippen LogP contribution in [0.4, 0.5) is 0 Å². The third kappa shape index (κ3) is 8.45. The molecular weight excluding hydrogens is 556 g/mol. The molecule has 0 radical (unpaired) electrons. The molecule has 0 amide bonds. The number of Topliss-reactive ketones (excluding diaryl/α,β-unsaturated/α-hetero) is 1. The first kappa shape index (κ1) is 32.2. The van der Waals surface area contributed by atoms with Crippen molar-refractivity contribution in [3.63, 3.8) is 0 Å². The van der Waals surface area contributed by atoms with Gasteiger partial charge in [0.2, 0.25) is 5.79 Å². The van der Waals surface area contributed by atoms with Gasteiger partial charge in [-0.2, -0.15) is 0 Å². The lowest BCUT2D eigenvalue weighted by Crippen LogP contribution is -2.60. The first-order valence-corrected chi connectivity index (χ1v) is 13.7. The lowest BCUT2D eigenvalue weighted by Gasteiger charge is -2.41. The Morgan fingerprint density at radius 2 is 1.45 bits per heavy atom. The quantitative estimate of drug-likeness (QED) is 0.134. The lowest BCUT2D eigenvalue weighted by molar-refractivity contribution is -0.319. The van der Waals surface area contributed by atoms with E-state index in [4.69, 9.17) is 18.9 Å². The summed E-state index contributed by atoms with van der Waals surface area (Å²) < 4.78 is 22.1. The van der Waals surface area contributed by atoms with Gasteiger partial charge < -0.3 is 59.8 Å². The highest BCUT2D eigenvalue weighted by molar-refractivity contribution is 5.79. The van der Waals surface area contributed by atoms with Gasteiger partial charge in [0.05, 0.1) is 12.7 Å². The second-order valence-electron chi connectivity index (χ2n) is 10.7. The standard InChI is InChI=1S/C29H38O13/c30-18-7-1-16(2-8-18)5-11-20(32)13-21(12-6-17-3-9-19(31)10-4-17)41-27-25(35)24(34)23(33)22(42-27)14-39-28-26(36)29(37,38)15-40-28/h1-4,7-10,21-28,30-31,33-38H,5-6,11-15H2/t21-,22+,23-,24+,25+,26-,27+,28+/m0/s1. The van der Waals surface area contributed by atoms with Gasteiger partial charge in [-0.15, -0.1) is 0 Å². The normalized spacial score (nSPS) is 29.8. The summed E-state index contributed by atoms with van der Waals surface area (Å²) in [6.45, 7) is -1.07. The molecule has 0 aromatic heterocycles. The number of phenols is 2. The van der Waals surface area contributed by atoms with Crippen molar-refractivity contribution < 1.29 is 64.6 Å². The summed E-state index contributed by atoms with van der Waals surface area (Å²) in [6.07, 6.45) is -10.4. The van der Waals surface area contributed by atoms with Gasteiger partial charge >= 0.3 is 0 Å². The number of aliphatic hydroxyl groups excluding tert-OH is 4. The number of aryl methyl sites for hydroxylation is 2. The van der Waals surface area contributed by atoms with Crippen molar-refractivity contribution in [2.45, 2.75) is 87.1 Å². The fourth-order valence-electron chi connectivity index (χ4n) is 4.80. The van der Waals surface area contributed by atoms with Crippen molar-refractivity contribution in [2.75, 3.05) is 13.2 Å². The lowest BCUT2D eigenvalue weighted by atomic mass is 9.98. The van der Waals surface area contributed by atoms with Gasteiger partial charge in [0.25, 0.3) is 0 Å². The van der Waals surface area contributed by atoms with Crippen LogP contribution < -0.4 is 0 Å². The van der Waals surface area contributed by atoms with E-state index < -0.39 is 68.2 Å². The Balaban J connectivity index is 1.40. The van der Waals surface area contributed by atoms with Crippen LogP contribution in [0, 0.1) is 0 Å². The molecule has 2 aliphatic heterocycles. The molecule has 13 heteroatoms. The summed E-state index contributed by atoms with van der Waals surface area (Å²) in [6, 6.07) is 13.0. The Hall–Kier alpha value is -2.69. The molecule has 2 heterocycles. The second-order valence-corrected chi connectivity index (χ2v) is 10.7. The summed E-state index contributed by atoms with van der Waals surface area (Å²) in [5.74, 6) is -2.42. The predicted octanol–water partition coefficient (Wildman–Crippen LogP) is -0.770. The van der Waals surface area contributed by atoms with E-state index in [0.29, 0.717) is 19.3 Å². The number of aliphatic hydroxyl groups is 6. The molecule has 0 aliphatic carbocycles. The van der Waals surface area contributed by atoms with Crippen LogP contribution >= 0.6 is 0 Å². The molecule has 0 bridgehead atoms. The molecule has 13 nitrogen and oxygen atoms in total. The minimum Gasteiger partial charge on any atom is -0.508 e. The van der Waals surface area contributed by atoms with Crippen LogP contribution in [0.2, 0.25) is 0 Å². The van der Waals surface area contributed by atoms with E-state index in [-0.39, 0.29) is 30.1 Å². The maximum atomic E-state index is 12.9. The van der Waals surface area contributed by atoms with Crippen molar-refractivity contribution >= 4 is 5.78 Å². The topological polar surface area (TPSA) is 216 Å². The first-order chi connectivity index (χ1) is 19.9. The van der Waals surface area contributed by atoms with Crippen LogP contribution in [0.25, 0.3) is 0 Å². The molecule has 0 spiro atoms. The number of benzene rings is 2. The average molecular weight is 595 g/mol. The number of hydrogen-bond acceptors (Lipinski definition) is 13. The zero-order valence-electron chi connectivity index (χ0n) is 22.8. The van der Waals surface area contributed by atoms with E-state index in [1.54, 1.807) is 24.3 Å². The molecule has 42 heavy (non-hydrogen) atoms. The van der Waals surface area contributed by atoms with Gasteiger partial charge in [-0.1, -0.05) is 24.3 Å². The van der Waals surface area contributed by atoms with Crippen molar-refractivity contribution in [2.24, 2.45) is 0 Å². The maximum absolute atomic E-state index is 12.9. The third-order valence-corrected chi connectivity index (χ3v) is 7.39. The molecule has 8 atom stereocenters. The third-order valence-electron chi connectivity index (χ3n) is 7.39. The summed E-state index contributed by atoms with van der Waals surface area (Å²) >= 11 is 0. The van der Waals surface area contributed by atoms with Crippen molar-refractivity contribution in [1.29, 1.82) is 0 Å². The van der Waals surface area contributed by atoms with Crippen LogP contribution in [0.15, 0.2) is 48.5 Å². The van der Waals surface area contributed by atoms with E-state index in [0.717, 1.165) is 11.1 Å². The molecule has 2 aliphatic rings. The number of hydrogen-bond donors (Lipinski definition) is 8. The monoisotopic (exact) mass is 594 g/mol. The molecule has 0 saturated carbocycles. The number of carbonyl (C=O) groups excluding carboxylic acids is 1. The average Bonchev–Trinajstić information content (AvgIpc) is 3.22. The number of phenolic OH excluding ortho intramolecular Hbond substituents is 2. The summed E-state index contributed by atoms with van der Waals surface area (Å²) in [4.78, 5) is 12.9. The number of ketones is 1. The van der Waals surface area contributed by atoms with Crippen molar-refractivity contribution in [1.82, 2.24) is 0 Å². The molecule has 2 saturated heterocycles. The van der Waals surface area contributed by atoms with Gasteiger partial charge in [-0.25, -0.2) is 0 Å². The highest BCUT2D eigenvalue weighted by Gasteiger charge is 2.49. The molecule has 8 N–H and O–H groups in total. The highest BCUT2D eigenvalue weighted by Crippen LogP contribution is 2.28. The minimum absolute atomic E-state index is 0.0419. The molecule has 2 aromatic carbocycles. The molecule has 4 rings (SSSR count). The van der Waals surface area contributed by atoms with Crippen molar-refractivity contribution in [3.05, 3.63) is 59.7 Å². The predicted molar refractivity (Wildman–Crippen MR) is 143 cm³/mol. The molecular formula is C29H38O13. The Morgan fingerprint density at radius 3 is 2.02 bits per heavy atom. The minimum atomic E-state index is -2.52. The van der Waals surface area contributed by atoms with Crippen LogP contribution in [0.3, 0.4) is 0 Å². The van der Waals surface area contributed by atoms with E-state index in [9.17, 15) is 45.6 Å². The van der Waals surface area contributed by atoms with Gasteiger partial charge in [0.15, 0.2) is 18.7 Å². The zero-order valence-corrected chi connectivity index (χ0v) is 22.8. The Morgan fingerprint density at radius 1 is 0.857 bits per heavy atom. The Kier molecular flexibility index (Phi) is 10.9. The fourth-order valence-corrected chi connectivity index (χ4v) is 4.80. The Bertz CT molecular complexity index is 1140. The maximum Gasteiger partial charge on any atom is 0.219 e. The van der Waals surface area contributed by atoms with Crippen LogP contribution in [0.5, 0.6) is 11.5 Å². The van der Waals surface area contributed by atoms with Gasteiger partial charge in [-0.05, 0) is 54.7 Å². The van der Waals surface area contributed by atoms with E-state index >= 15 is 0 Å². The molecule has 232 valence electrons. The summed E-state index contributed by atoms with van der Waals surface area (Å²) in [5, 5.41) is 79.8. The van der Waals surface area contributed by atoms with Gasteiger partial charge in [0.1, 0.15) is 48.3 Å². The molecule has 0 unspecified atom stereocenters. The summed E-state index contributed by atoms with van der Waals surface area (Å²) in [5.41, 5.74) is 1.73. The number of carbonyl (C=O) groups is 1. The molecule has 2 fully saturated rings. The zero-order chi connectivity index (χ0) is 30.4. The van der Waals surface area contributed by atoms with Crippen LogP contribution in [-0.4, -0.2) is 115 Å². The van der Waals surface area contributed by atoms with Crippen LogP contribution in [-0.2, 0) is 36.6 Å². The highest BCUT2D eigenvalue weighted by atomic mass is 16.7. The smallest absolute Gasteiger partial charge is 0.219 e. The van der Waals surface area contributed by atoms with E-state index in [1.165, 1.54) is 24.3 Å². The van der Waals surface area contributed by atoms with Crippen molar-refractivity contribution in [3.8, 4) is 11.5 Å².